The molecule has 120 valence electrons. The van der Waals surface area contributed by atoms with E-state index in [1.807, 2.05) is 4.90 Å². The summed E-state index contributed by atoms with van der Waals surface area (Å²) in [6.07, 6.45) is -1.41. The minimum atomic E-state index is -3.40. The van der Waals surface area contributed by atoms with Crippen LogP contribution in [0.25, 0.3) is 0 Å². The summed E-state index contributed by atoms with van der Waals surface area (Å²) in [6.45, 7) is -9.00. The summed E-state index contributed by atoms with van der Waals surface area (Å²) < 4.78 is 86.9. The minimum absolute atomic E-state index is 0.162. The minimum Gasteiger partial charge on any atom is -0.472 e. The highest BCUT2D eigenvalue weighted by Gasteiger charge is 2.21. The van der Waals surface area contributed by atoms with E-state index >= 15 is 0 Å². The van der Waals surface area contributed by atoms with Crippen LogP contribution in [0.4, 0.5) is 5.82 Å². The maximum Gasteiger partial charge on any atom is 0.270 e. The molecule has 2 N–H and O–H groups in total. The van der Waals surface area contributed by atoms with Crippen LogP contribution < -0.4 is 15.0 Å². The lowest BCUT2D eigenvalue weighted by molar-refractivity contribution is 0.0975. The maximum atomic E-state index is 10.2. The fourth-order valence-electron chi connectivity index (χ4n) is 1.74. The van der Waals surface area contributed by atoms with E-state index in [1.54, 1.807) is 0 Å². The fourth-order valence-corrected chi connectivity index (χ4v) is 2.26. The molecule has 21 heavy (non-hydrogen) atoms. The fraction of sp³-hybridized carbons (Fsp3) is 0.846. The lowest BCUT2D eigenvalue weighted by atomic mass is 10.1. The first-order valence-corrected chi connectivity index (χ1v) is 7.15. The van der Waals surface area contributed by atoms with Crippen LogP contribution in [0.5, 0.6) is 5.88 Å². The molecule has 7 nitrogen and oxygen atoms in total. The molecule has 0 saturated carbocycles. The van der Waals surface area contributed by atoms with Gasteiger partial charge in [0.05, 0.1) is 24.9 Å². The Bertz CT molecular complexity index is 653. The van der Waals surface area contributed by atoms with Crippen LogP contribution in [-0.4, -0.2) is 65.0 Å². The predicted molar refractivity (Wildman–Crippen MR) is 82.2 cm³/mol. The number of β-amino-alcohol motifs (C(OH)–C–C–N with tert-alkyl or cyclic N) is 1. The highest BCUT2D eigenvalue weighted by Crippen LogP contribution is 2.26. The molecule has 0 aliphatic carbocycles. The second kappa shape index (κ2) is 7.35. The van der Waals surface area contributed by atoms with Crippen LogP contribution in [-0.2, 0) is 4.74 Å². The van der Waals surface area contributed by atoms with E-state index < -0.39 is 38.7 Å². The summed E-state index contributed by atoms with van der Waals surface area (Å²) in [6, 6.07) is 0. The van der Waals surface area contributed by atoms with Gasteiger partial charge in [0.25, 0.3) is 5.88 Å². The van der Waals surface area contributed by atoms with Gasteiger partial charge in [0, 0.05) is 37.5 Å². The molecule has 0 bridgehead atoms. The largest absolute Gasteiger partial charge is 0.472 e. The smallest absolute Gasteiger partial charge is 0.270 e. The monoisotopic (exact) mass is 325 g/mol. The van der Waals surface area contributed by atoms with Gasteiger partial charge < -0.3 is 24.8 Å². The van der Waals surface area contributed by atoms with Crippen LogP contribution >= 0.6 is 11.7 Å². The third kappa shape index (κ3) is 5.39. The molecule has 0 amide bonds. The van der Waals surface area contributed by atoms with Crippen LogP contribution in [0.15, 0.2) is 0 Å². The predicted octanol–water partition coefficient (Wildman–Crippen LogP) is 0.502. The number of nitrogens with zero attached hydrogens (tertiary/aromatic N) is 3. The molecule has 1 saturated heterocycles. The lowest BCUT2D eigenvalue weighted by Crippen LogP contribution is -2.42. The first-order chi connectivity index (χ1) is 13.7. The number of morpholine rings is 1. The number of ether oxygens (including phenoxy) is 2. The topological polar surface area (TPSA) is 79.7 Å². The van der Waals surface area contributed by atoms with Gasteiger partial charge in [0.1, 0.15) is 12.7 Å². The van der Waals surface area contributed by atoms with Crippen molar-refractivity contribution in [3.63, 3.8) is 0 Å². The normalized spacial score (nSPS) is 26.0. The average molecular weight is 325 g/mol. The van der Waals surface area contributed by atoms with Gasteiger partial charge in [-0.2, -0.15) is 4.37 Å². The van der Waals surface area contributed by atoms with Crippen LogP contribution in [0, 0.1) is 0 Å². The van der Waals surface area contributed by atoms with Crippen molar-refractivity contribution in [3.05, 3.63) is 0 Å². The van der Waals surface area contributed by atoms with Crippen LogP contribution in [0.1, 0.15) is 32.9 Å². The molecule has 2 heterocycles. The molecule has 0 aromatic carbocycles. The van der Waals surface area contributed by atoms with Crippen LogP contribution in [0.3, 0.4) is 0 Å². The van der Waals surface area contributed by atoms with Crippen LogP contribution in [0.2, 0.25) is 0 Å². The van der Waals surface area contributed by atoms with Crippen molar-refractivity contribution in [1.82, 2.24) is 14.1 Å². The van der Waals surface area contributed by atoms with Gasteiger partial charge in [-0.3, -0.25) is 0 Å². The summed E-state index contributed by atoms with van der Waals surface area (Å²) in [4.78, 5) is 1.90. The molecular weight excluding hydrogens is 292 g/mol. The quantitative estimate of drug-likeness (QED) is 0.788. The maximum absolute atomic E-state index is 10.2. The SMILES string of the molecule is [2H]C([2H])([2H])C(NC[C@H](O)COc1nsnc1N1CCOCC1)(C([2H])([2H])[2H])C([2H])([2H])[2H]. The Labute approximate surface area is 142 Å². The first-order valence-electron chi connectivity index (χ1n) is 10.9. The number of aliphatic hydroxyl groups is 1. The number of aliphatic hydroxyl groups excluding tert-OH is 1. The first kappa shape index (κ1) is 8.05. The molecule has 1 fully saturated rings. The third-order valence-corrected chi connectivity index (χ3v) is 3.27. The molecule has 1 atom stereocenters. The van der Waals surface area contributed by atoms with E-state index in [0.29, 0.717) is 32.1 Å². The van der Waals surface area contributed by atoms with Crippen molar-refractivity contribution in [3.8, 4) is 5.88 Å². The van der Waals surface area contributed by atoms with Crippen molar-refractivity contribution in [2.24, 2.45) is 0 Å². The molecule has 0 radical (unpaired) electrons. The number of nitrogens with one attached hydrogen (secondary N) is 1. The third-order valence-electron chi connectivity index (χ3n) is 2.77. The molecule has 0 unspecified atom stereocenters. The Morgan fingerprint density at radius 3 is 2.95 bits per heavy atom. The summed E-state index contributed by atoms with van der Waals surface area (Å²) in [7, 11) is 0. The zero-order valence-electron chi connectivity index (χ0n) is 20.3. The Morgan fingerprint density at radius 2 is 2.24 bits per heavy atom. The zero-order chi connectivity index (χ0) is 22.8. The van der Waals surface area contributed by atoms with Gasteiger partial charge in [-0.25, -0.2) is 0 Å². The Hall–Kier alpha value is -0.960. The zero-order valence-corrected chi connectivity index (χ0v) is 12.2. The molecule has 1 aromatic heterocycles. The van der Waals surface area contributed by atoms with Gasteiger partial charge in [0.15, 0.2) is 0 Å². The molecule has 0 spiro atoms. The van der Waals surface area contributed by atoms with E-state index in [9.17, 15) is 5.11 Å². The van der Waals surface area contributed by atoms with E-state index in [1.165, 1.54) is 0 Å². The number of hydrogen-bond acceptors (Lipinski definition) is 8. The van der Waals surface area contributed by atoms with Crippen molar-refractivity contribution >= 4 is 17.5 Å². The van der Waals surface area contributed by atoms with E-state index in [4.69, 9.17) is 21.8 Å². The van der Waals surface area contributed by atoms with Gasteiger partial charge >= 0.3 is 0 Å². The second-order valence-electron chi connectivity index (χ2n) is 4.59. The second-order valence-corrected chi connectivity index (χ2v) is 5.12. The van der Waals surface area contributed by atoms with Gasteiger partial charge in [-0.15, -0.1) is 4.37 Å². The highest BCUT2D eigenvalue weighted by atomic mass is 32.1. The van der Waals surface area contributed by atoms with E-state index in [-0.39, 0.29) is 12.5 Å². The summed E-state index contributed by atoms with van der Waals surface area (Å²) in [5.41, 5.74) is -3.21. The molecule has 1 aliphatic rings. The van der Waals surface area contributed by atoms with E-state index in [2.05, 4.69) is 14.1 Å². The molecular formula is C13H24N4O3S. The molecule has 1 aliphatic heterocycles. The van der Waals surface area contributed by atoms with Gasteiger partial charge in [0.2, 0.25) is 5.82 Å². The van der Waals surface area contributed by atoms with Gasteiger partial charge in [-0.05, 0) is 20.6 Å². The number of rotatable bonds is 6. The Balaban J connectivity index is 2.05. The number of hydrogen-bond donors (Lipinski definition) is 2. The van der Waals surface area contributed by atoms with Crippen molar-refractivity contribution in [2.45, 2.75) is 32.2 Å². The van der Waals surface area contributed by atoms with Gasteiger partial charge in [-0.1, -0.05) is 0 Å². The summed E-state index contributed by atoms with van der Waals surface area (Å²) >= 11 is 0.911. The molecule has 8 heteroatoms. The number of anilines is 1. The Kier molecular flexibility index (Phi) is 2.82. The number of aromatic nitrogens is 2. The van der Waals surface area contributed by atoms with E-state index in [0.717, 1.165) is 11.7 Å². The standard InChI is InChI=1S/C13H24N4O3S/c1-13(2,3)14-8-10(18)9-20-12-11(15-21-16-12)17-4-6-19-7-5-17/h10,14,18H,4-9H2,1-3H3/t10-/m0/s1/i1D3,2D3,3D3. The van der Waals surface area contributed by atoms with Crippen molar-refractivity contribution < 1.29 is 26.9 Å². The molecule has 1 aromatic rings. The summed E-state index contributed by atoms with van der Waals surface area (Å²) in [5, 5.41) is 12.3. The Morgan fingerprint density at radius 1 is 1.48 bits per heavy atom. The molecule has 2 rings (SSSR count). The van der Waals surface area contributed by atoms with Crippen molar-refractivity contribution in [2.75, 3.05) is 44.4 Å². The highest BCUT2D eigenvalue weighted by molar-refractivity contribution is 6.99. The lowest BCUT2D eigenvalue weighted by Gasteiger charge is -2.27. The van der Waals surface area contributed by atoms with Crippen molar-refractivity contribution in [1.29, 1.82) is 0 Å². The average Bonchev–Trinajstić information content (AvgIpc) is 3.06. The summed E-state index contributed by atoms with van der Waals surface area (Å²) in [5.74, 6) is 0.639.